The van der Waals surface area contributed by atoms with Crippen LogP contribution in [0.15, 0.2) is 0 Å². The largest absolute Gasteiger partial charge is 0.194 e. The molecule has 40 valence electrons. The van der Waals surface area contributed by atoms with Gasteiger partial charge in [0.1, 0.15) is 0 Å². The van der Waals surface area contributed by atoms with Gasteiger partial charge in [0.05, 0.1) is 5.81 Å². The number of hydrogen-bond acceptors (Lipinski definition) is 1. The van der Waals surface area contributed by atoms with Crippen LogP contribution in [0.3, 0.4) is 0 Å². The minimum atomic E-state index is 0.494. The summed E-state index contributed by atoms with van der Waals surface area (Å²) in [6, 6.07) is 0. The highest BCUT2D eigenvalue weighted by atomic mass is 31.1. The summed E-state index contributed by atoms with van der Waals surface area (Å²) in [5.74, 6) is 2.15. The first-order valence-electron chi connectivity index (χ1n) is 2.45. The Balaban J connectivity index is 3.03. The van der Waals surface area contributed by atoms with Gasteiger partial charge in [-0.05, 0) is 20.7 Å². The van der Waals surface area contributed by atoms with Gasteiger partial charge in [0.25, 0.3) is 0 Å². The first-order chi connectivity index (χ1) is 3.31. The molecule has 1 nitrogen and oxygen atoms in total. The molecule has 0 aliphatic rings. The van der Waals surface area contributed by atoms with Gasteiger partial charge in [-0.2, -0.15) is 5.26 Å². The van der Waals surface area contributed by atoms with Crippen molar-refractivity contribution in [3.63, 3.8) is 0 Å². The van der Waals surface area contributed by atoms with E-state index in [9.17, 15) is 0 Å². The second-order valence-electron chi connectivity index (χ2n) is 1.57. The zero-order valence-electron chi connectivity index (χ0n) is 4.73. The van der Waals surface area contributed by atoms with Crippen LogP contribution in [0.25, 0.3) is 0 Å². The van der Waals surface area contributed by atoms with Gasteiger partial charge in [0.15, 0.2) is 0 Å². The maximum absolute atomic E-state index is 8.13. The molecule has 0 aliphatic heterocycles. The number of nitrogens with zero attached hydrogens (tertiary/aromatic N) is 1. The van der Waals surface area contributed by atoms with Gasteiger partial charge in [-0.3, -0.25) is 0 Å². The van der Waals surface area contributed by atoms with Gasteiger partial charge in [-0.15, -0.1) is 0 Å². The van der Waals surface area contributed by atoms with E-state index in [4.69, 9.17) is 5.26 Å². The highest BCUT2D eigenvalue weighted by Gasteiger charge is 1.92. The quantitative estimate of drug-likeness (QED) is 0.504. The molecule has 0 N–H and O–H groups in total. The van der Waals surface area contributed by atoms with Crippen LogP contribution < -0.4 is 0 Å². The molecule has 0 rings (SSSR count). The lowest BCUT2D eigenvalue weighted by atomic mass is 10.4. The lowest BCUT2D eigenvalue weighted by Gasteiger charge is -1.96. The van der Waals surface area contributed by atoms with E-state index in [1.54, 1.807) is 0 Å². The maximum atomic E-state index is 8.13. The summed E-state index contributed by atoms with van der Waals surface area (Å²) in [5, 5.41) is 8.13. The van der Waals surface area contributed by atoms with E-state index >= 15 is 0 Å². The molecule has 0 bridgehead atoms. The average Bonchev–Trinajstić information content (AvgIpc) is 1.68. The van der Waals surface area contributed by atoms with Crippen LogP contribution in [0.4, 0.5) is 0 Å². The molecule has 0 radical (unpaired) electrons. The van der Waals surface area contributed by atoms with Crippen molar-refractivity contribution in [2.75, 3.05) is 0 Å². The lowest BCUT2D eigenvalue weighted by Crippen LogP contribution is -1.85. The molecule has 0 aromatic rings. The maximum Gasteiger partial charge on any atom is 0.0840 e. The molecule has 0 spiro atoms. The Morgan fingerprint density at radius 1 is 1.86 bits per heavy atom. The van der Waals surface area contributed by atoms with Crippen molar-refractivity contribution in [3.8, 4) is 5.81 Å². The third-order valence-corrected chi connectivity index (χ3v) is 1.95. The van der Waals surface area contributed by atoms with E-state index in [0.29, 0.717) is 14.2 Å². The average molecular weight is 115 g/mol. The molecule has 2 heteroatoms. The minimum Gasteiger partial charge on any atom is -0.194 e. The Morgan fingerprint density at radius 2 is 2.43 bits per heavy atom. The molecule has 0 amide bonds. The molecular weight excluding hydrogens is 105 g/mol. The highest BCUT2D eigenvalue weighted by molar-refractivity contribution is 7.44. The van der Waals surface area contributed by atoms with Crippen LogP contribution in [0.1, 0.15) is 20.3 Å². The summed E-state index contributed by atoms with van der Waals surface area (Å²) < 4.78 is 0. The molecule has 0 saturated heterocycles. The van der Waals surface area contributed by atoms with Crippen LogP contribution >= 0.6 is 8.58 Å². The summed E-state index contributed by atoms with van der Waals surface area (Å²) in [7, 11) is 0.494. The second-order valence-corrected chi connectivity index (χ2v) is 3.06. The molecule has 0 fully saturated rings. The molecule has 0 aromatic carbocycles. The molecule has 0 aromatic heterocycles. The summed E-state index contributed by atoms with van der Waals surface area (Å²) in [6.07, 6.45) is 1.13. The van der Waals surface area contributed by atoms with Crippen molar-refractivity contribution in [2.24, 2.45) is 0 Å². The summed E-state index contributed by atoms with van der Waals surface area (Å²) >= 11 is 0. The van der Waals surface area contributed by atoms with E-state index in [2.05, 4.69) is 19.7 Å². The van der Waals surface area contributed by atoms with Crippen LogP contribution in [0, 0.1) is 11.1 Å². The second kappa shape index (κ2) is 4.09. The summed E-state index contributed by atoms with van der Waals surface area (Å²) in [4.78, 5) is 0. The van der Waals surface area contributed by atoms with Gasteiger partial charge in [-0.25, -0.2) is 0 Å². The highest BCUT2D eigenvalue weighted by Crippen LogP contribution is 2.17. The fourth-order valence-corrected chi connectivity index (χ4v) is 0.637. The standard InChI is InChI=1S/C5H10NP/c1-3-5(2)7-4-6/h5,7H,3H2,1-2H3. The lowest BCUT2D eigenvalue weighted by molar-refractivity contribution is 0.904. The fraction of sp³-hybridized carbons (Fsp3) is 0.800. The monoisotopic (exact) mass is 115 g/mol. The predicted molar refractivity (Wildman–Crippen MR) is 33.7 cm³/mol. The third-order valence-electron chi connectivity index (χ3n) is 0.923. The van der Waals surface area contributed by atoms with Crippen molar-refractivity contribution in [2.45, 2.75) is 25.9 Å². The molecule has 2 atom stereocenters. The smallest absolute Gasteiger partial charge is 0.0840 e. The van der Waals surface area contributed by atoms with Gasteiger partial charge in [-0.1, -0.05) is 13.8 Å². The Kier molecular flexibility index (Phi) is 4.04. The van der Waals surface area contributed by atoms with Crippen LogP contribution in [0.5, 0.6) is 0 Å². The normalized spacial score (nSPS) is 14.4. The molecule has 0 saturated carbocycles. The molecule has 7 heavy (non-hydrogen) atoms. The van der Waals surface area contributed by atoms with Gasteiger partial charge in [0.2, 0.25) is 0 Å². The van der Waals surface area contributed by atoms with Crippen molar-refractivity contribution >= 4 is 8.58 Å². The van der Waals surface area contributed by atoms with E-state index < -0.39 is 0 Å². The van der Waals surface area contributed by atoms with E-state index in [-0.39, 0.29) is 0 Å². The Bertz CT molecular complexity index is 74.6. The minimum absolute atomic E-state index is 0.494. The van der Waals surface area contributed by atoms with Crippen LogP contribution in [0.2, 0.25) is 0 Å². The summed E-state index contributed by atoms with van der Waals surface area (Å²) in [6.45, 7) is 4.21. The zero-order chi connectivity index (χ0) is 5.70. The van der Waals surface area contributed by atoms with Gasteiger partial charge >= 0.3 is 0 Å². The number of hydrogen-bond donors (Lipinski definition) is 0. The third kappa shape index (κ3) is 3.76. The predicted octanol–water partition coefficient (Wildman–Crippen LogP) is 1.94. The topological polar surface area (TPSA) is 23.8 Å². The zero-order valence-corrected chi connectivity index (χ0v) is 5.73. The van der Waals surface area contributed by atoms with Crippen molar-refractivity contribution < 1.29 is 0 Å². The SMILES string of the molecule is CCC(C)PC#N. The van der Waals surface area contributed by atoms with E-state index in [0.717, 1.165) is 6.42 Å². The number of nitriles is 1. The molecule has 0 heterocycles. The number of rotatable bonds is 2. The Morgan fingerprint density at radius 3 is 2.57 bits per heavy atom. The van der Waals surface area contributed by atoms with Crippen molar-refractivity contribution in [3.05, 3.63) is 0 Å². The van der Waals surface area contributed by atoms with Crippen LogP contribution in [-0.4, -0.2) is 5.66 Å². The van der Waals surface area contributed by atoms with Crippen molar-refractivity contribution in [1.82, 2.24) is 0 Å². The first-order valence-corrected chi connectivity index (χ1v) is 3.53. The molecule has 0 aliphatic carbocycles. The molecule has 2 unspecified atom stereocenters. The molecular formula is C5H10NP. The fourth-order valence-electron chi connectivity index (χ4n) is 0.212. The van der Waals surface area contributed by atoms with Crippen LogP contribution in [-0.2, 0) is 0 Å². The summed E-state index contributed by atoms with van der Waals surface area (Å²) in [5.41, 5.74) is 0.616. The van der Waals surface area contributed by atoms with Gasteiger partial charge in [0, 0.05) is 0 Å². The first kappa shape index (κ1) is 6.92. The van der Waals surface area contributed by atoms with E-state index in [1.807, 2.05) is 0 Å². The van der Waals surface area contributed by atoms with Gasteiger partial charge < -0.3 is 0 Å². The van der Waals surface area contributed by atoms with E-state index in [1.165, 1.54) is 0 Å². The van der Waals surface area contributed by atoms with Crippen molar-refractivity contribution in [1.29, 1.82) is 5.26 Å². The Labute approximate surface area is 46.5 Å². The Hall–Kier alpha value is -0.0800.